The number of carbonyl (C=O) groups is 1. The van der Waals surface area contributed by atoms with Gasteiger partial charge in [-0.25, -0.2) is 4.68 Å². The molecule has 0 bridgehead atoms. The number of nitrogens with two attached hydrogens (primary N) is 1. The number of benzene rings is 2. The van der Waals surface area contributed by atoms with Crippen molar-refractivity contribution in [3.05, 3.63) is 59.7 Å². The maximum atomic E-state index is 13.1. The number of nitrogens with zero attached hydrogens (tertiary/aromatic N) is 3. The highest BCUT2D eigenvalue weighted by atomic mass is 32.2. The van der Waals surface area contributed by atoms with Crippen LogP contribution in [0.25, 0.3) is 11.4 Å². The quantitative estimate of drug-likeness (QED) is 0.435. The van der Waals surface area contributed by atoms with Crippen LogP contribution in [0, 0.1) is 0 Å². The molecule has 0 aliphatic rings. The molecule has 0 saturated heterocycles. The van der Waals surface area contributed by atoms with E-state index in [0.29, 0.717) is 5.82 Å². The molecule has 3 aromatic rings. The molecule has 6 nitrogen and oxygen atoms in total. The molecule has 3 rings (SSSR count). The molecular formula is C21H22F3N5OS. The summed E-state index contributed by atoms with van der Waals surface area (Å²) in [6.45, 7) is 6.33. The third kappa shape index (κ3) is 5.38. The Balaban J connectivity index is 1.68. The molecule has 0 atom stereocenters. The summed E-state index contributed by atoms with van der Waals surface area (Å²) in [7, 11) is 0. The van der Waals surface area contributed by atoms with E-state index in [1.54, 1.807) is 0 Å². The number of aromatic nitrogens is 3. The van der Waals surface area contributed by atoms with Gasteiger partial charge in [-0.1, -0.05) is 68.9 Å². The molecular weight excluding hydrogens is 427 g/mol. The Morgan fingerprint density at radius 3 is 2.32 bits per heavy atom. The second-order valence-electron chi connectivity index (χ2n) is 7.88. The number of hydrogen-bond acceptors (Lipinski definition) is 5. The molecule has 3 N–H and O–H groups in total. The Bertz CT molecular complexity index is 1070. The number of amides is 1. The number of thioether (sulfide) groups is 1. The standard InChI is InChI=1S/C21H22F3N5OS/c1-20(2,3)14-10-8-13(9-11-14)18-27-28-19(29(18)25)31-12-17(30)26-16-7-5-4-6-15(16)21(22,23)24/h4-11H,12,25H2,1-3H3,(H,26,30). The van der Waals surface area contributed by atoms with Crippen molar-refractivity contribution in [2.75, 3.05) is 16.9 Å². The van der Waals surface area contributed by atoms with Crippen molar-refractivity contribution in [3.63, 3.8) is 0 Å². The van der Waals surface area contributed by atoms with E-state index < -0.39 is 17.6 Å². The van der Waals surface area contributed by atoms with Crippen LogP contribution in [-0.2, 0) is 16.4 Å². The van der Waals surface area contributed by atoms with E-state index in [0.717, 1.165) is 29.0 Å². The third-order valence-corrected chi connectivity index (χ3v) is 5.46. The summed E-state index contributed by atoms with van der Waals surface area (Å²) in [5, 5.41) is 10.6. The van der Waals surface area contributed by atoms with E-state index in [-0.39, 0.29) is 22.0 Å². The lowest BCUT2D eigenvalue weighted by atomic mass is 9.87. The summed E-state index contributed by atoms with van der Waals surface area (Å²) < 4.78 is 40.4. The van der Waals surface area contributed by atoms with Crippen LogP contribution in [0.3, 0.4) is 0 Å². The lowest BCUT2D eigenvalue weighted by Gasteiger charge is -2.19. The van der Waals surface area contributed by atoms with Crippen molar-refractivity contribution >= 4 is 23.4 Å². The maximum Gasteiger partial charge on any atom is 0.418 e. The molecule has 1 amide bonds. The summed E-state index contributed by atoms with van der Waals surface area (Å²) in [5.74, 6) is 5.71. The average Bonchev–Trinajstić information content (AvgIpc) is 3.06. The van der Waals surface area contributed by atoms with Gasteiger partial charge in [0.1, 0.15) is 0 Å². The molecule has 10 heteroatoms. The monoisotopic (exact) mass is 449 g/mol. The zero-order valence-corrected chi connectivity index (χ0v) is 18.0. The number of para-hydroxylation sites is 1. The van der Waals surface area contributed by atoms with Crippen molar-refractivity contribution in [2.24, 2.45) is 0 Å². The van der Waals surface area contributed by atoms with Crippen molar-refractivity contribution < 1.29 is 18.0 Å². The average molecular weight is 450 g/mol. The predicted octanol–water partition coefficient (Wildman–Crippen LogP) is 4.71. The fraction of sp³-hybridized carbons (Fsp3) is 0.286. The van der Waals surface area contributed by atoms with Gasteiger partial charge in [0.05, 0.1) is 17.0 Å². The Morgan fingerprint density at radius 2 is 1.71 bits per heavy atom. The molecule has 0 aliphatic carbocycles. The van der Waals surface area contributed by atoms with Gasteiger partial charge in [0, 0.05) is 5.56 Å². The molecule has 0 radical (unpaired) electrons. The van der Waals surface area contributed by atoms with Crippen LogP contribution < -0.4 is 11.2 Å². The lowest BCUT2D eigenvalue weighted by Crippen LogP contribution is -2.19. The van der Waals surface area contributed by atoms with Crippen LogP contribution in [0.5, 0.6) is 0 Å². The second kappa shape index (κ2) is 8.62. The van der Waals surface area contributed by atoms with Crippen LogP contribution in [-0.4, -0.2) is 26.5 Å². The van der Waals surface area contributed by atoms with Gasteiger partial charge in [-0.15, -0.1) is 10.2 Å². The van der Waals surface area contributed by atoms with Crippen molar-refractivity contribution in [1.82, 2.24) is 14.9 Å². The Kier molecular flexibility index (Phi) is 6.30. The molecule has 0 aliphatic heterocycles. The van der Waals surface area contributed by atoms with Crippen molar-refractivity contribution in [3.8, 4) is 11.4 Å². The van der Waals surface area contributed by atoms with Crippen molar-refractivity contribution in [2.45, 2.75) is 37.5 Å². The minimum absolute atomic E-state index is 0.00796. The van der Waals surface area contributed by atoms with Gasteiger partial charge >= 0.3 is 6.18 Å². The number of alkyl halides is 3. The van der Waals surface area contributed by atoms with Gasteiger partial charge in [0.2, 0.25) is 11.1 Å². The first kappa shape index (κ1) is 22.7. The van der Waals surface area contributed by atoms with E-state index in [4.69, 9.17) is 5.84 Å². The van der Waals surface area contributed by atoms with E-state index in [1.165, 1.54) is 22.9 Å². The topological polar surface area (TPSA) is 85.8 Å². The zero-order valence-electron chi connectivity index (χ0n) is 17.2. The first-order valence-corrected chi connectivity index (χ1v) is 10.4. The maximum absolute atomic E-state index is 13.1. The van der Waals surface area contributed by atoms with E-state index in [1.807, 2.05) is 24.3 Å². The number of nitrogen functional groups attached to an aromatic ring is 1. The Labute approximate surface area is 182 Å². The molecule has 1 aromatic heterocycles. The van der Waals surface area contributed by atoms with Crippen LogP contribution >= 0.6 is 11.8 Å². The largest absolute Gasteiger partial charge is 0.418 e. The summed E-state index contributed by atoms with van der Waals surface area (Å²) in [6.07, 6.45) is -4.56. The lowest BCUT2D eigenvalue weighted by molar-refractivity contribution is -0.137. The minimum Gasteiger partial charge on any atom is -0.335 e. The number of nitrogens with one attached hydrogen (secondary N) is 1. The smallest absolute Gasteiger partial charge is 0.335 e. The van der Waals surface area contributed by atoms with Crippen LogP contribution in [0.15, 0.2) is 53.7 Å². The summed E-state index contributed by atoms with van der Waals surface area (Å²) in [6, 6.07) is 12.6. The van der Waals surface area contributed by atoms with E-state index >= 15 is 0 Å². The number of carbonyl (C=O) groups excluding carboxylic acids is 1. The normalized spacial score (nSPS) is 12.1. The highest BCUT2D eigenvalue weighted by Crippen LogP contribution is 2.34. The van der Waals surface area contributed by atoms with Gasteiger partial charge in [-0.3, -0.25) is 4.79 Å². The molecule has 164 valence electrons. The summed E-state index contributed by atoms with van der Waals surface area (Å²) in [4.78, 5) is 12.2. The van der Waals surface area contributed by atoms with Gasteiger partial charge in [0.25, 0.3) is 0 Å². The van der Waals surface area contributed by atoms with E-state index in [9.17, 15) is 18.0 Å². The zero-order chi connectivity index (χ0) is 22.8. The van der Waals surface area contributed by atoms with Gasteiger partial charge in [-0.2, -0.15) is 13.2 Å². The van der Waals surface area contributed by atoms with Gasteiger partial charge in [-0.05, 0) is 23.1 Å². The third-order valence-electron chi connectivity index (χ3n) is 4.51. The van der Waals surface area contributed by atoms with Crippen molar-refractivity contribution in [1.29, 1.82) is 0 Å². The molecule has 0 spiro atoms. The van der Waals surface area contributed by atoms with Crippen LogP contribution in [0.2, 0.25) is 0 Å². The SMILES string of the molecule is CC(C)(C)c1ccc(-c2nnc(SCC(=O)Nc3ccccc3C(F)(F)F)n2N)cc1. The predicted molar refractivity (Wildman–Crippen MR) is 115 cm³/mol. The fourth-order valence-corrected chi connectivity index (χ4v) is 3.50. The molecule has 0 saturated carbocycles. The summed E-state index contributed by atoms with van der Waals surface area (Å²) in [5.41, 5.74) is 0.725. The highest BCUT2D eigenvalue weighted by molar-refractivity contribution is 7.99. The van der Waals surface area contributed by atoms with Crippen LogP contribution in [0.4, 0.5) is 18.9 Å². The molecule has 2 aromatic carbocycles. The van der Waals surface area contributed by atoms with E-state index in [2.05, 4.69) is 36.3 Å². The van der Waals surface area contributed by atoms with Gasteiger partial charge in [0.15, 0.2) is 5.82 Å². The number of anilines is 1. The van der Waals surface area contributed by atoms with Gasteiger partial charge < -0.3 is 11.2 Å². The fourth-order valence-electron chi connectivity index (χ4n) is 2.85. The minimum atomic E-state index is -4.56. The molecule has 0 fully saturated rings. The summed E-state index contributed by atoms with van der Waals surface area (Å²) >= 11 is 0.982. The number of rotatable bonds is 5. The Hall–Kier alpha value is -3.01. The number of hydrogen-bond donors (Lipinski definition) is 2. The molecule has 1 heterocycles. The highest BCUT2D eigenvalue weighted by Gasteiger charge is 2.33. The first-order chi connectivity index (χ1) is 14.5. The van der Waals surface area contributed by atoms with Crippen LogP contribution in [0.1, 0.15) is 31.9 Å². The number of halogens is 3. The second-order valence-corrected chi connectivity index (χ2v) is 8.83. The molecule has 0 unspecified atom stereocenters. The Morgan fingerprint density at radius 1 is 1.06 bits per heavy atom. The first-order valence-electron chi connectivity index (χ1n) is 9.37. The molecule has 31 heavy (non-hydrogen) atoms.